The van der Waals surface area contributed by atoms with E-state index in [0.29, 0.717) is 5.75 Å². The molecule has 2 rings (SSSR count). The molecule has 0 amide bonds. The van der Waals surface area contributed by atoms with Crippen LogP contribution in [0.15, 0.2) is 23.1 Å². The lowest BCUT2D eigenvalue weighted by Crippen LogP contribution is -2.09. The Morgan fingerprint density at radius 2 is 2.00 bits per heavy atom. The molecule has 1 aromatic rings. The number of thioether (sulfide) groups is 1. The summed E-state index contributed by atoms with van der Waals surface area (Å²) in [5, 5.41) is 9.80. The lowest BCUT2D eigenvalue weighted by Gasteiger charge is -2.21. The summed E-state index contributed by atoms with van der Waals surface area (Å²) in [5.41, 5.74) is 1.29. The van der Waals surface area contributed by atoms with Gasteiger partial charge >= 0.3 is 0 Å². The monoisotopic (exact) mass is 236 g/mol. The number of aromatic hydroxyl groups is 1. The van der Waals surface area contributed by atoms with Gasteiger partial charge in [0.1, 0.15) is 5.75 Å². The Balaban J connectivity index is 2.01. The molecule has 1 aliphatic carbocycles. The zero-order valence-corrected chi connectivity index (χ0v) is 10.7. The van der Waals surface area contributed by atoms with Crippen LogP contribution < -0.4 is 0 Å². The van der Waals surface area contributed by atoms with Gasteiger partial charge in [-0.2, -0.15) is 0 Å². The highest BCUT2D eigenvalue weighted by molar-refractivity contribution is 7.98. The van der Waals surface area contributed by atoms with Crippen LogP contribution in [0.5, 0.6) is 5.75 Å². The van der Waals surface area contributed by atoms with E-state index in [4.69, 9.17) is 0 Å². The van der Waals surface area contributed by atoms with Crippen LogP contribution in [0.1, 0.15) is 37.7 Å². The molecule has 0 spiro atoms. The van der Waals surface area contributed by atoms with Crippen LogP contribution in [0.3, 0.4) is 0 Å². The second-order valence-electron chi connectivity index (χ2n) is 4.71. The highest BCUT2D eigenvalue weighted by Gasteiger charge is 2.14. The van der Waals surface area contributed by atoms with E-state index >= 15 is 0 Å². The lowest BCUT2D eigenvalue weighted by atomic mass is 9.85. The van der Waals surface area contributed by atoms with Gasteiger partial charge in [-0.05, 0) is 36.3 Å². The third kappa shape index (κ3) is 2.94. The maximum absolute atomic E-state index is 9.80. The van der Waals surface area contributed by atoms with Crippen molar-refractivity contribution in [2.45, 2.75) is 43.4 Å². The van der Waals surface area contributed by atoms with E-state index in [1.54, 1.807) is 11.8 Å². The molecule has 88 valence electrons. The van der Waals surface area contributed by atoms with Crippen molar-refractivity contribution in [3.8, 4) is 5.75 Å². The number of phenolic OH excluding ortho intramolecular Hbond substituents is 1. The molecule has 16 heavy (non-hydrogen) atoms. The number of hydrogen-bond donors (Lipinski definition) is 1. The van der Waals surface area contributed by atoms with Crippen molar-refractivity contribution in [2.75, 3.05) is 6.26 Å². The first-order valence-electron chi connectivity index (χ1n) is 6.15. The highest BCUT2D eigenvalue weighted by atomic mass is 32.2. The minimum atomic E-state index is 0.445. The maximum atomic E-state index is 9.80. The van der Waals surface area contributed by atoms with Gasteiger partial charge in [0.25, 0.3) is 0 Å². The minimum Gasteiger partial charge on any atom is -0.507 e. The van der Waals surface area contributed by atoms with Gasteiger partial charge in [0.05, 0.1) is 0 Å². The molecular formula is C14H20OS. The molecule has 0 aliphatic heterocycles. The normalized spacial score (nSPS) is 17.6. The number of hydrogen-bond acceptors (Lipinski definition) is 2. The molecule has 1 N–H and O–H groups in total. The molecule has 0 bridgehead atoms. The Morgan fingerprint density at radius 1 is 1.25 bits per heavy atom. The molecule has 1 fully saturated rings. The zero-order chi connectivity index (χ0) is 11.4. The average Bonchev–Trinajstić information content (AvgIpc) is 2.31. The summed E-state index contributed by atoms with van der Waals surface area (Å²) in [5.74, 6) is 1.29. The Hall–Kier alpha value is -0.630. The Bertz CT molecular complexity index is 343. The summed E-state index contributed by atoms with van der Waals surface area (Å²) in [7, 11) is 0. The molecule has 1 nitrogen and oxygen atoms in total. The minimum absolute atomic E-state index is 0.445. The summed E-state index contributed by atoms with van der Waals surface area (Å²) in [4.78, 5) is 0.979. The topological polar surface area (TPSA) is 20.2 Å². The van der Waals surface area contributed by atoms with E-state index in [1.165, 1.54) is 37.7 Å². The second-order valence-corrected chi connectivity index (χ2v) is 5.56. The van der Waals surface area contributed by atoms with Crippen molar-refractivity contribution in [1.29, 1.82) is 0 Å². The van der Waals surface area contributed by atoms with E-state index < -0.39 is 0 Å². The smallest absolute Gasteiger partial charge is 0.129 e. The van der Waals surface area contributed by atoms with Gasteiger partial charge in [0.2, 0.25) is 0 Å². The Morgan fingerprint density at radius 3 is 2.62 bits per heavy atom. The molecule has 0 saturated heterocycles. The van der Waals surface area contributed by atoms with Gasteiger partial charge in [-0.15, -0.1) is 11.8 Å². The van der Waals surface area contributed by atoms with Crippen molar-refractivity contribution >= 4 is 11.8 Å². The zero-order valence-electron chi connectivity index (χ0n) is 9.91. The fourth-order valence-corrected chi connectivity index (χ4v) is 3.06. The summed E-state index contributed by atoms with van der Waals surface area (Å²) in [6.45, 7) is 0. The molecule has 0 unspecified atom stereocenters. The van der Waals surface area contributed by atoms with Gasteiger partial charge in [0.15, 0.2) is 0 Å². The van der Waals surface area contributed by atoms with Crippen LogP contribution in [0.25, 0.3) is 0 Å². The molecule has 1 aliphatic rings. The van der Waals surface area contributed by atoms with Crippen LogP contribution in [0, 0.1) is 5.92 Å². The average molecular weight is 236 g/mol. The van der Waals surface area contributed by atoms with E-state index in [9.17, 15) is 5.11 Å². The summed E-state index contributed by atoms with van der Waals surface area (Å²) in [6.07, 6.45) is 10.1. The summed E-state index contributed by atoms with van der Waals surface area (Å²) >= 11 is 1.60. The second kappa shape index (κ2) is 5.62. The van der Waals surface area contributed by atoms with Crippen LogP contribution >= 0.6 is 11.8 Å². The molecular weight excluding hydrogens is 216 g/mol. The predicted octanol–water partition coefficient (Wildman–Crippen LogP) is 4.24. The highest BCUT2D eigenvalue weighted by Crippen LogP contribution is 2.31. The predicted molar refractivity (Wildman–Crippen MR) is 70.2 cm³/mol. The molecule has 0 aromatic heterocycles. The van der Waals surface area contributed by atoms with Crippen molar-refractivity contribution in [3.05, 3.63) is 23.8 Å². The Kier molecular flexibility index (Phi) is 4.16. The third-order valence-corrected chi connectivity index (χ3v) is 4.28. The fourth-order valence-electron chi connectivity index (χ4n) is 2.59. The first-order chi connectivity index (χ1) is 7.79. The fraction of sp³-hybridized carbons (Fsp3) is 0.571. The Labute approximate surface area is 102 Å². The van der Waals surface area contributed by atoms with E-state index in [1.807, 2.05) is 18.4 Å². The summed E-state index contributed by atoms with van der Waals surface area (Å²) in [6, 6.07) is 6.15. The van der Waals surface area contributed by atoms with Gasteiger partial charge in [-0.25, -0.2) is 0 Å². The largest absolute Gasteiger partial charge is 0.507 e. The van der Waals surface area contributed by atoms with Crippen LogP contribution in [0.4, 0.5) is 0 Å². The van der Waals surface area contributed by atoms with Gasteiger partial charge in [0, 0.05) is 4.90 Å². The van der Waals surface area contributed by atoms with Crippen molar-refractivity contribution < 1.29 is 5.11 Å². The molecule has 0 radical (unpaired) electrons. The third-order valence-electron chi connectivity index (χ3n) is 3.49. The molecule has 0 heterocycles. The number of rotatable bonds is 3. The number of benzene rings is 1. The maximum Gasteiger partial charge on any atom is 0.129 e. The van der Waals surface area contributed by atoms with E-state index in [2.05, 4.69) is 6.07 Å². The van der Waals surface area contributed by atoms with Gasteiger partial charge < -0.3 is 5.11 Å². The van der Waals surface area contributed by atoms with Crippen molar-refractivity contribution in [1.82, 2.24) is 0 Å². The van der Waals surface area contributed by atoms with Gasteiger partial charge in [-0.1, -0.05) is 38.2 Å². The van der Waals surface area contributed by atoms with Gasteiger partial charge in [-0.3, -0.25) is 0 Å². The van der Waals surface area contributed by atoms with E-state index in [-0.39, 0.29) is 0 Å². The SMILES string of the molecule is CSc1ccc(CC2CCCCC2)cc1O. The van der Waals surface area contributed by atoms with Crippen LogP contribution in [-0.4, -0.2) is 11.4 Å². The van der Waals surface area contributed by atoms with E-state index in [0.717, 1.165) is 17.2 Å². The molecule has 0 atom stereocenters. The summed E-state index contributed by atoms with van der Waals surface area (Å²) < 4.78 is 0. The first-order valence-corrected chi connectivity index (χ1v) is 7.38. The molecule has 1 saturated carbocycles. The van der Waals surface area contributed by atoms with Crippen LogP contribution in [-0.2, 0) is 6.42 Å². The van der Waals surface area contributed by atoms with Crippen molar-refractivity contribution in [2.24, 2.45) is 5.92 Å². The molecule has 1 aromatic carbocycles. The lowest BCUT2D eigenvalue weighted by molar-refractivity contribution is 0.356. The quantitative estimate of drug-likeness (QED) is 0.792. The number of phenols is 1. The molecule has 2 heteroatoms. The van der Waals surface area contributed by atoms with Crippen LogP contribution in [0.2, 0.25) is 0 Å². The standard InChI is InChI=1S/C14H20OS/c1-16-14-8-7-12(10-13(14)15)9-11-5-3-2-4-6-11/h7-8,10-11,15H,2-6,9H2,1H3. The first kappa shape index (κ1) is 11.8. The van der Waals surface area contributed by atoms with Crippen molar-refractivity contribution in [3.63, 3.8) is 0 Å².